The largest absolute Gasteiger partial charge is 0.487 e. The van der Waals surface area contributed by atoms with Gasteiger partial charge in [0.2, 0.25) is 0 Å². The van der Waals surface area contributed by atoms with Crippen molar-refractivity contribution >= 4 is 0 Å². The highest BCUT2D eigenvalue weighted by molar-refractivity contribution is 5.44. The Morgan fingerprint density at radius 1 is 1.35 bits per heavy atom. The molecule has 0 aliphatic carbocycles. The molecule has 4 heteroatoms. The molecule has 1 aromatic carbocycles. The first-order valence-corrected chi connectivity index (χ1v) is 6.85. The molecule has 1 N–H and O–H groups in total. The molecular weight excluding hydrogens is 254 g/mol. The van der Waals surface area contributed by atoms with Crippen LogP contribution in [0.2, 0.25) is 0 Å². The highest BCUT2D eigenvalue weighted by Gasteiger charge is 2.47. The van der Waals surface area contributed by atoms with Crippen LogP contribution in [0, 0.1) is 11.3 Å². The fourth-order valence-electron chi connectivity index (χ4n) is 2.56. The van der Waals surface area contributed by atoms with Gasteiger partial charge in [0.05, 0.1) is 12.2 Å². The van der Waals surface area contributed by atoms with Crippen LogP contribution < -0.4 is 4.74 Å². The van der Waals surface area contributed by atoms with E-state index in [2.05, 4.69) is 6.07 Å². The first-order chi connectivity index (χ1) is 9.30. The SMILES string of the molecule is CC(O)C(C)OC1(C#N)CC(C)(C)Oc2ccccc21. The Balaban J connectivity index is 2.49. The summed E-state index contributed by atoms with van der Waals surface area (Å²) < 4.78 is 11.9. The monoisotopic (exact) mass is 275 g/mol. The summed E-state index contributed by atoms with van der Waals surface area (Å²) in [5.74, 6) is 0.670. The molecule has 108 valence electrons. The number of fused-ring (bicyclic) bond motifs is 1. The standard InChI is InChI=1S/C16H21NO3/c1-11(18)12(2)19-16(10-17)9-15(3,4)20-14-8-6-5-7-13(14)16/h5-8,11-12,18H,9H2,1-4H3. The summed E-state index contributed by atoms with van der Waals surface area (Å²) in [6, 6.07) is 9.74. The van der Waals surface area contributed by atoms with Gasteiger partial charge in [-0.3, -0.25) is 0 Å². The molecule has 0 saturated heterocycles. The molecule has 20 heavy (non-hydrogen) atoms. The summed E-state index contributed by atoms with van der Waals surface area (Å²) in [7, 11) is 0. The second kappa shape index (κ2) is 5.08. The van der Waals surface area contributed by atoms with Crippen molar-refractivity contribution in [2.24, 2.45) is 0 Å². The minimum Gasteiger partial charge on any atom is -0.487 e. The molecule has 1 heterocycles. The summed E-state index contributed by atoms with van der Waals surface area (Å²) in [5.41, 5.74) is -0.855. The minimum absolute atomic E-state index is 0.421. The lowest BCUT2D eigenvalue weighted by Crippen LogP contribution is -2.47. The predicted molar refractivity (Wildman–Crippen MR) is 75.3 cm³/mol. The lowest BCUT2D eigenvalue weighted by Gasteiger charge is -2.43. The van der Waals surface area contributed by atoms with Crippen molar-refractivity contribution in [2.45, 2.75) is 57.5 Å². The topological polar surface area (TPSA) is 62.5 Å². The Kier molecular flexibility index (Phi) is 3.77. The number of hydrogen-bond acceptors (Lipinski definition) is 4. The van der Waals surface area contributed by atoms with Gasteiger partial charge in [-0.25, -0.2) is 0 Å². The molecule has 0 spiro atoms. The van der Waals surface area contributed by atoms with Gasteiger partial charge in [-0.1, -0.05) is 18.2 Å². The zero-order chi connectivity index (χ0) is 15.0. The van der Waals surface area contributed by atoms with E-state index in [1.165, 1.54) is 0 Å². The van der Waals surface area contributed by atoms with Crippen LogP contribution >= 0.6 is 0 Å². The Morgan fingerprint density at radius 3 is 2.60 bits per heavy atom. The molecule has 0 radical (unpaired) electrons. The van der Waals surface area contributed by atoms with Gasteiger partial charge in [-0.2, -0.15) is 5.26 Å². The summed E-state index contributed by atoms with van der Waals surface area (Å²) in [5, 5.41) is 19.4. The second-order valence-electron chi connectivity index (χ2n) is 6.04. The van der Waals surface area contributed by atoms with Crippen LogP contribution in [-0.2, 0) is 10.3 Å². The lowest BCUT2D eigenvalue weighted by atomic mass is 9.81. The molecule has 0 aromatic heterocycles. The molecule has 4 nitrogen and oxygen atoms in total. The van der Waals surface area contributed by atoms with Crippen LogP contribution in [0.15, 0.2) is 24.3 Å². The zero-order valence-electron chi connectivity index (χ0n) is 12.4. The quantitative estimate of drug-likeness (QED) is 0.921. The number of nitriles is 1. The third kappa shape index (κ3) is 2.65. The third-order valence-corrected chi connectivity index (χ3v) is 3.63. The molecule has 0 amide bonds. The van der Waals surface area contributed by atoms with Gasteiger partial charge in [-0.05, 0) is 33.8 Å². The van der Waals surface area contributed by atoms with Crippen LogP contribution in [-0.4, -0.2) is 22.9 Å². The van der Waals surface area contributed by atoms with Gasteiger partial charge in [-0.15, -0.1) is 0 Å². The molecule has 1 aromatic rings. The molecule has 1 aliphatic rings. The molecule has 0 saturated carbocycles. The molecule has 0 fully saturated rings. The predicted octanol–water partition coefficient (Wildman–Crippen LogP) is 2.75. The van der Waals surface area contributed by atoms with Crippen LogP contribution in [0.25, 0.3) is 0 Å². The maximum atomic E-state index is 9.74. The van der Waals surface area contributed by atoms with Gasteiger partial charge in [0.25, 0.3) is 0 Å². The van der Waals surface area contributed by atoms with E-state index in [0.29, 0.717) is 12.2 Å². The van der Waals surface area contributed by atoms with Crippen molar-refractivity contribution in [3.05, 3.63) is 29.8 Å². The Hall–Kier alpha value is -1.57. The van der Waals surface area contributed by atoms with Gasteiger partial charge in [0.1, 0.15) is 17.4 Å². The van der Waals surface area contributed by atoms with Crippen molar-refractivity contribution in [1.82, 2.24) is 0 Å². The fraction of sp³-hybridized carbons (Fsp3) is 0.562. The van der Waals surface area contributed by atoms with E-state index in [0.717, 1.165) is 5.56 Å². The Morgan fingerprint density at radius 2 is 2.00 bits per heavy atom. The van der Waals surface area contributed by atoms with E-state index >= 15 is 0 Å². The fourth-order valence-corrected chi connectivity index (χ4v) is 2.56. The van der Waals surface area contributed by atoms with E-state index in [4.69, 9.17) is 9.47 Å². The number of rotatable bonds is 3. The Labute approximate surface area is 119 Å². The number of para-hydroxylation sites is 1. The highest BCUT2D eigenvalue weighted by Crippen LogP contribution is 2.46. The van der Waals surface area contributed by atoms with E-state index in [9.17, 15) is 10.4 Å². The van der Waals surface area contributed by atoms with Crippen molar-refractivity contribution in [3.63, 3.8) is 0 Å². The molecule has 3 atom stereocenters. The van der Waals surface area contributed by atoms with Gasteiger partial charge in [0.15, 0.2) is 5.60 Å². The molecular formula is C16H21NO3. The highest BCUT2D eigenvalue weighted by atomic mass is 16.5. The van der Waals surface area contributed by atoms with Crippen LogP contribution in [0.5, 0.6) is 5.75 Å². The van der Waals surface area contributed by atoms with Crippen LogP contribution in [0.1, 0.15) is 39.7 Å². The number of ether oxygens (including phenoxy) is 2. The average Bonchev–Trinajstić information content (AvgIpc) is 2.37. The van der Waals surface area contributed by atoms with E-state index in [1.54, 1.807) is 13.8 Å². The zero-order valence-corrected chi connectivity index (χ0v) is 12.4. The minimum atomic E-state index is -1.09. The van der Waals surface area contributed by atoms with Gasteiger partial charge in [0, 0.05) is 12.0 Å². The number of nitrogens with zero attached hydrogens (tertiary/aromatic N) is 1. The summed E-state index contributed by atoms with van der Waals surface area (Å²) >= 11 is 0. The first kappa shape index (κ1) is 14.8. The molecule has 0 bridgehead atoms. The molecule has 2 rings (SSSR count). The normalized spacial score (nSPS) is 26.8. The maximum Gasteiger partial charge on any atom is 0.187 e. The van der Waals surface area contributed by atoms with Gasteiger partial charge < -0.3 is 14.6 Å². The number of benzene rings is 1. The first-order valence-electron chi connectivity index (χ1n) is 6.85. The van der Waals surface area contributed by atoms with Crippen molar-refractivity contribution < 1.29 is 14.6 Å². The number of hydrogen-bond donors (Lipinski definition) is 1. The third-order valence-electron chi connectivity index (χ3n) is 3.63. The molecule has 3 unspecified atom stereocenters. The average molecular weight is 275 g/mol. The Bertz CT molecular complexity index is 533. The maximum absolute atomic E-state index is 9.74. The summed E-state index contributed by atoms with van der Waals surface area (Å²) in [6.07, 6.45) is -0.653. The number of aliphatic hydroxyl groups is 1. The number of aliphatic hydroxyl groups excluding tert-OH is 1. The van der Waals surface area contributed by atoms with Crippen molar-refractivity contribution in [3.8, 4) is 11.8 Å². The summed E-state index contributed by atoms with van der Waals surface area (Å²) in [6.45, 7) is 7.30. The lowest BCUT2D eigenvalue weighted by molar-refractivity contribution is -0.134. The van der Waals surface area contributed by atoms with Gasteiger partial charge >= 0.3 is 0 Å². The second-order valence-corrected chi connectivity index (χ2v) is 6.04. The van der Waals surface area contributed by atoms with E-state index < -0.39 is 23.4 Å². The van der Waals surface area contributed by atoms with E-state index in [1.807, 2.05) is 38.1 Å². The van der Waals surface area contributed by atoms with Crippen LogP contribution in [0.4, 0.5) is 0 Å². The van der Waals surface area contributed by atoms with E-state index in [-0.39, 0.29) is 0 Å². The molecule has 1 aliphatic heterocycles. The summed E-state index contributed by atoms with van der Waals surface area (Å²) in [4.78, 5) is 0. The van der Waals surface area contributed by atoms with Crippen molar-refractivity contribution in [1.29, 1.82) is 5.26 Å². The van der Waals surface area contributed by atoms with Crippen molar-refractivity contribution in [2.75, 3.05) is 0 Å². The van der Waals surface area contributed by atoms with Crippen LogP contribution in [0.3, 0.4) is 0 Å². The smallest absolute Gasteiger partial charge is 0.187 e.